The van der Waals surface area contributed by atoms with E-state index in [1.165, 1.54) is 9.80 Å². The van der Waals surface area contributed by atoms with E-state index in [0.717, 1.165) is 12.0 Å². The number of benzene rings is 2. The van der Waals surface area contributed by atoms with Crippen molar-refractivity contribution in [2.45, 2.75) is 24.4 Å². The fourth-order valence-corrected chi connectivity index (χ4v) is 4.77. The van der Waals surface area contributed by atoms with E-state index < -0.39 is 6.04 Å². The molecule has 9 heteroatoms. The van der Waals surface area contributed by atoms with Crippen LogP contribution in [0, 0.1) is 0 Å². The second-order valence-electron chi connectivity index (χ2n) is 8.00. The van der Waals surface area contributed by atoms with Crippen LogP contribution in [0.5, 0.6) is 0 Å². The van der Waals surface area contributed by atoms with Crippen LogP contribution in [0.1, 0.15) is 17.9 Å². The van der Waals surface area contributed by atoms with Gasteiger partial charge in [0, 0.05) is 25.0 Å². The molecule has 1 aliphatic carbocycles. The van der Waals surface area contributed by atoms with Gasteiger partial charge in [0.1, 0.15) is 6.04 Å². The lowest BCUT2D eigenvalue weighted by atomic mass is 10.1. The normalized spacial score (nSPS) is 25.0. The molecule has 0 aromatic heterocycles. The van der Waals surface area contributed by atoms with E-state index in [0.29, 0.717) is 23.8 Å². The Kier molecular flexibility index (Phi) is 5.02. The largest absolute Gasteiger partial charge is 0.327 e. The molecule has 2 aromatic rings. The van der Waals surface area contributed by atoms with Crippen LogP contribution in [0.25, 0.3) is 0 Å². The minimum Gasteiger partial charge on any atom is -0.320 e. The van der Waals surface area contributed by atoms with E-state index in [2.05, 4.69) is 5.32 Å². The number of hydrogen-bond acceptors (Lipinski definition) is 3. The molecular weight excluding hydrogens is 439 g/mol. The Morgan fingerprint density at radius 2 is 1.77 bits per heavy atom. The summed E-state index contributed by atoms with van der Waals surface area (Å²) in [6.45, 7) is 0.791. The fraction of sp³-hybridized carbons (Fsp3) is 0.318. The van der Waals surface area contributed by atoms with E-state index in [4.69, 9.17) is 23.2 Å². The monoisotopic (exact) mass is 458 g/mol. The molecule has 0 unspecified atom stereocenters. The molecule has 2 saturated heterocycles. The van der Waals surface area contributed by atoms with Gasteiger partial charge >= 0.3 is 12.1 Å². The Balaban J connectivity index is 1.27. The number of nitrogens with zero attached hydrogens (tertiary/aromatic N) is 3. The van der Waals surface area contributed by atoms with Crippen LogP contribution in [0.4, 0.5) is 15.3 Å². The predicted octanol–water partition coefficient (Wildman–Crippen LogP) is 4.03. The molecule has 5 rings (SSSR count). The van der Waals surface area contributed by atoms with Crippen molar-refractivity contribution in [2.24, 2.45) is 0 Å². The van der Waals surface area contributed by atoms with Crippen LogP contribution in [-0.4, -0.2) is 64.4 Å². The molecule has 2 aliphatic heterocycles. The number of carbonyl (C=O) groups excluding carboxylic acids is 3. The Morgan fingerprint density at radius 1 is 1.00 bits per heavy atom. The SMILES string of the molecule is O=C(Nc1cccc(Cl)c1Cl)N1CCN2C(=O)N([C@H]3C[C@@H]3c3ccccc3)C(=O)[C@@H]2C1. The topological polar surface area (TPSA) is 73.0 Å². The second-order valence-corrected chi connectivity index (χ2v) is 8.78. The first kappa shape index (κ1) is 20.2. The van der Waals surface area contributed by atoms with Gasteiger partial charge in [0.15, 0.2) is 0 Å². The molecule has 160 valence electrons. The number of imide groups is 1. The molecule has 3 aliphatic rings. The number of carbonyl (C=O) groups is 3. The molecule has 3 fully saturated rings. The van der Waals surface area contributed by atoms with Crippen LogP contribution < -0.4 is 5.32 Å². The quantitative estimate of drug-likeness (QED) is 0.705. The van der Waals surface area contributed by atoms with E-state index >= 15 is 0 Å². The fourth-order valence-electron chi connectivity index (χ4n) is 4.43. The lowest BCUT2D eigenvalue weighted by Gasteiger charge is -2.35. The summed E-state index contributed by atoms with van der Waals surface area (Å²) in [5.74, 6) is -0.0495. The summed E-state index contributed by atoms with van der Waals surface area (Å²) in [6, 6.07) is 13.5. The van der Waals surface area contributed by atoms with Crippen LogP contribution >= 0.6 is 23.2 Å². The molecule has 2 aromatic carbocycles. The summed E-state index contributed by atoms with van der Waals surface area (Å²) in [5, 5.41) is 3.34. The van der Waals surface area contributed by atoms with Crippen LogP contribution in [0.2, 0.25) is 10.0 Å². The predicted molar refractivity (Wildman–Crippen MR) is 117 cm³/mol. The van der Waals surface area contributed by atoms with E-state index in [9.17, 15) is 14.4 Å². The molecule has 7 nitrogen and oxygen atoms in total. The third kappa shape index (κ3) is 3.51. The first-order valence-corrected chi connectivity index (χ1v) is 10.9. The van der Waals surface area contributed by atoms with Crippen molar-refractivity contribution < 1.29 is 14.4 Å². The van der Waals surface area contributed by atoms with Crippen molar-refractivity contribution in [2.75, 3.05) is 25.0 Å². The maximum atomic E-state index is 13.1. The van der Waals surface area contributed by atoms with Crippen molar-refractivity contribution in [3.05, 3.63) is 64.1 Å². The molecule has 31 heavy (non-hydrogen) atoms. The molecule has 1 saturated carbocycles. The maximum absolute atomic E-state index is 13.1. The number of hydrogen-bond donors (Lipinski definition) is 1. The first-order chi connectivity index (χ1) is 15.0. The van der Waals surface area contributed by atoms with Crippen LogP contribution in [0.15, 0.2) is 48.5 Å². The summed E-state index contributed by atoms with van der Waals surface area (Å²) in [4.78, 5) is 43.3. The summed E-state index contributed by atoms with van der Waals surface area (Å²) in [5.41, 5.74) is 1.54. The molecule has 0 radical (unpaired) electrons. The molecule has 3 atom stereocenters. The highest BCUT2D eigenvalue weighted by Gasteiger charge is 2.56. The summed E-state index contributed by atoms with van der Waals surface area (Å²) in [6.07, 6.45) is 0.777. The zero-order valence-electron chi connectivity index (χ0n) is 16.5. The first-order valence-electron chi connectivity index (χ1n) is 10.1. The van der Waals surface area contributed by atoms with Crippen LogP contribution in [0.3, 0.4) is 0 Å². The zero-order valence-corrected chi connectivity index (χ0v) is 18.0. The number of amides is 5. The average Bonchev–Trinajstić information content (AvgIpc) is 3.52. The number of halogens is 2. The highest BCUT2D eigenvalue weighted by atomic mass is 35.5. The van der Waals surface area contributed by atoms with Gasteiger partial charge in [-0.2, -0.15) is 0 Å². The van der Waals surface area contributed by atoms with Gasteiger partial charge in [0.2, 0.25) is 0 Å². The van der Waals surface area contributed by atoms with Gasteiger partial charge in [0.25, 0.3) is 5.91 Å². The summed E-state index contributed by atoms with van der Waals surface area (Å²) in [7, 11) is 0. The number of nitrogens with one attached hydrogen (secondary N) is 1. The molecule has 2 heterocycles. The minimum absolute atomic E-state index is 0.111. The third-order valence-electron chi connectivity index (χ3n) is 6.15. The second kappa shape index (κ2) is 7.73. The van der Waals surface area contributed by atoms with Crippen molar-refractivity contribution in [3.63, 3.8) is 0 Å². The van der Waals surface area contributed by atoms with Gasteiger partial charge in [-0.1, -0.05) is 59.6 Å². The Bertz CT molecular complexity index is 1060. The van der Waals surface area contributed by atoms with Crippen molar-refractivity contribution in [1.82, 2.24) is 14.7 Å². The van der Waals surface area contributed by atoms with Gasteiger partial charge in [-0.05, 0) is 24.1 Å². The Labute approximate surface area is 189 Å². The number of fused-ring (bicyclic) bond motifs is 1. The van der Waals surface area contributed by atoms with E-state index in [-0.39, 0.29) is 41.5 Å². The Morgan fingerprint density at radius 3 is 2.55 bits per heavy atom. The number of urea groups is 2. The Hall–Kier alpha value is -2.77. The van der Waals surface area contributed by atoms with Gasteiger partial charge in [-0.3, -0.25) is 9.69 Å². The standard InChI is InChI=1S/C22H20Cl2N4O3/c23-15-7-4-8-16(19(15)24)25-21(30)26-9-10-27-18(12-26)20(29)28(22(27)31)17-11-14(17)13-5-2-1-3-6-13/h1-8,14,17-18H,9-12H2,(H,25,30)/t14-,17+,18+/m1/s1. The van der Waals surface area contributed by atoms with Crippen molar-refractivity contribution in [1.29, 1.82) is 0 Å². The molecule has 0 bridgehead atoms. The highest BCUT2D eigenvalue weighted by Crippen LogP contribution is 2.46. The van der Waals surface area contributed by atoms with E-state index in [1.807, 2.05) is 30.3 Å². The van der Waals surface area contributed by atoms with Crippen LogP contribution in [-0.2, 0) is 4.79 Å². The maximum Gasteiger partial charge on any atom is 0.327 e. The van der Waals surface area contributed by atoms with Crippen molar-refractivity contribution >= 4 is 46.9 Å². The smallest absolute Gasteiger partial charge is 0.320 e. The number of anilines is 1. The highest BCUT2D eigenvalue weighted by molar-refractivity contribution is 6.43. The van der Waals surface area contributed by atoms with Gasteiger partial charge in [-0.15, -0.1) is 0 Å². The summed E-state index contributed by atoms with van der Waals surface area (Å²) < 4.78 is 0. The molecule has 1 N–H and O–H groups in total. The van der Waals surface area contributed by atoms with Crippen molar-refractivity contribution in [3.8, 4) is 0 Å². The minimum atomic E-state index is -0.654. The number of piperazine rings is 1. The molecule has 0 spiro atoms. The third-order valence-corrected chi connectivity index (χ3v) is 6.97. The molecule has 5 amide bonds. The lowest BCUT2D eigenvalue weighted by molar-refractivity contribution is -0.129. The average molecular weight is 459 g/mol. The summed E-state index contributed by atoms with van der Waals surface area (Å²) >= 11 is 12.2. The lowest BCUT2D eigenvalue weighted by Crippen LogP contribution is -2.55. The number of rotatable bonds is 3. The zero-order chi connectivity index (χ0) is 21.7. The van der Waals surface area contributed by atoms with Gasteiger partial charge in [-0.25, -0.2) is 9.59 Å². The van der Waals surface area contributed by atoms with Gasteiger partial charge in [0.05, 0.1) is 22.3 Å². The van der Waals surface area contributed by atoms with E-state index in [1.54, 1.807) is 23.1 Å². The molecular formula is C22H20Cl2N4O3. The van der Waals surface area contributed by atoms with Gasteiger partial charge < -0.3 is 15.1 Å².